The lowest BCUT2D eigenvalue weighted by Gasteiger charge is -2.14. The topological polar surface area (TPSA) is 91.0 Å². The molecule has 0 radical (unpaired) electrons. The second-order valence-electron chi connectivity index (χ2n) is 3.76. The van der Waals surface area contributed by atoms with Crippen molar-refractivity contribution in [1.82, 2.24) is 5.16 Å². The van der Waals surface area contributed by atoms with Crippen molar-refractivity contribution in [2.24, 2.45) is 0 Å². The van der Waals surface area contributed by atoms with Gasteiger partial charge in [-0.2, -0.15) is 0 Å². The van der Waals surface area contributed by atoms with Gasteiger partial charge in [0, 0.05) is 6.07 Å². The molecule has 0 spiro atoms. The van der Waals surface area contributed by atoms with E-state index in [-0.39, 0.29) is 11.5 Å². The van der Waals surface area contributed by atoms with E-state index in [1.54, 1.807) is 12.1 Å². The van der Waals surface area contributed by atoms with Crippen LogP contribution in [0, 0.1) is 0 Å². The fraction of sp³-hybridized carbons (Fsp3) is 0.231. The first-order chi connectivity index (χ1) is 9.62. The van der Waals surface area contributed by atoms with Gasteiger partial charge in [-0.3, -0.25) is 0 Å². The van der Waals surface area contributed by atoms with Crippen molar-refractivity contribution in [3.63, 3.8) is 0 Å². The van der Waals surface area contributed by atoms with Crippen molar-refractivity contribution in [3.8, 4) is 28.5 Å². The van der Waals surface area contributed by atoms with Gasteiger partial charge in [0.05, 0.1) is 26.9 Å². The molecule has 1 aromatic heterocycles. The number of hydrogen-bond donors (Lipinski definition) is 1. The normalized spacial score (nSPS) is 10.2. The van der Waals surface area contributed by atoms with Gasteiger partial charge >= 0.3 is 5.97 Å². The summed E-state index contributed by atoms with van der Waals surface area (Å²) in [4.78, 5) is 10.9. The van der Waals surface area contributed by atoms with Gasteiger partial charge in [0.2, 0.25) is 5.76 Å². The van der Waals surface area contributed by atoms with Crippen LogP contribution in [-0.4, -0.2) is 37.6 Å². The van der Waals surface area contributed by atoms with Crippen molar-refractivity contribution < 1.29 is 28.6 Å². The van der Waals surface area contributed by atoms with Gasteiger partial charge in [-0.25, -0.2) is 4.79 Å². The maximum atomic E-state index is 10.9. The third kappa shape index (κ3) is 2.25. The fourth-order valence-electron chi connectivity index (χ4n) is 1.82. The zero-order chi connectivity index (χ0) is 14.7. The number of carboxylic acids is 1. The largest absolute Gasteiger partial charge is 0.496 e. The highest BCUT2D eigenvalue weighted by molar-refractivity contribution is 5.87. The highest BCUT2D eigenvalue weighted by atomic mass is 16.5. The van der Waals surface area contributed by atoms with Gasteiger partial charge < -0.3 is 23.8 Å². The summed E-state index contributed by atoms with van der Waals surface area (Å²) in [5.41, 5.74) is 0.751. The molecule has 2 rings (SSSR count). The van der Waals surface area contributed by atoms with E-state index in [4.69, 9.17) is 23.8 Å². The summed E-state index contributed by atoms with van der Waals surface area (Å²) in [5.74, 6) is -0.148. The smallest absolute Gasteiger partial charge is 0.374 e. The molecule has 106 valence electrons. The number of methoxy groups -OCH3 is 3. The van der Waals surface area contributed by atoms with Gasteiger partial charge in [0.1, 0.15) is 11.4 Å². The molecular formula is C13H13NO6. The standard InChI is InChI=1S/C13H13NO6/c1-17-8-4-5-9(18-2)12(19-3)11(8)7-6-10(13(15)16)20-14-7/h4-6H,1-3H3,(H,15,16). The highest BCUT2D eigenvalue weighted by Gasteiger charge is 2.22. The molecule has 1 aromatic carbocycles. The van der Waals surface area contributed by atoms with Gasteiger partial charge in [-0.05, 0) is 12.1 Å². The quantitative estimate of drug-likeness (QED) is 0.895. The molecular weight excluding hydrogens is 266 g/mol. The molecule has 0 amide bonds. The molecule has 0 unspecified atom stereocenters. The molecule has 0 atom stereocenters. The summed E-state index contributed by atoms with van der Waals surface area (Å²) in [6.07, 6.45) is 0. The van der Waals surface area contributed by atoms with E-state index in [2.05, 4.69) is 5.16 Å². The fourth-order valence-corrected chi connectivity index (χ4v) is 1.82. The maximum absolute atomic E-state index is 10.9. The molecule has 0 saturated carbocycles. The molecule has 0 aliphatic carbocycles. The summed E-state index contributed by atoms with van der Waals surface area (Å²) >= 11 is 0. The van der Waals surface area contributed by atoms with Crippen LogP contribution in [0.3, 0.4) is 0 Å². The van der Waals surface area contributed by atoms with E-state index >= 15 is 0 Å². The summed E-state index contributed by atoms with van der Waals surface area (Å²) in [6, 6.07) is 4.65. The Morgan fingerprint density at radius 2 is 1.80 bits per heavy atom. The van der Waals surface area contributed by atoms with E-state index < -0.39 is 5.97 Å². The van der Waals surface area contributed by atoms with Crippen LogP contribution in [0.2, 0.25) is 0 Å². The van der Waals surface area contributed by atoms with E-state index in [1.807, 2.05) is 0 Å². The molecule has 20 heavy (non-hydrogen) atoms. The molecule has 0 aliphatic heterocycles. The molecule has 7 heteroatoms. The Hall–Kier alpha value is -2.70. The molecule has 2 aromatic rings. The van der Waals surface area contributed by atoms with E-state index in [1.165, 1.54) is 27.4 Å². The first kappa shape index (κ1) is 13.7. The number of aromatic nitrogens is 1. The zero-order valence-electron chi connectivity index (χ0n) is 11.2. The van der Waals surface area contributed by atoms with E-state index in [0.29, 0.717) is 22.8 Å². The Bertz CT molecular complexity index is 634. The van der Waals surface area contributed by atoms with Gasteiger partial charge in [0.25, 0.3) is 0 Å². The molecule has 0 aliphatic rings. The number of carbonyl (C=O) groups is 1. The van der Waals surface area contributed by atoms with Crippen LogP contribution in [0.15, 0.2) is 22.7 Å². The predicted molar refractivity (Wildman–Crippen MR) is 68.6 cm³/mol. The maximum Gasteiger partial charge on any atom is 0.374 e. The Morgan fingerprint density at radius 3 is 2.30 bits per heavy atom. The lowest BCUT2D eigenvalue weighted by molar-refractivity contribution is 0.0652. The number of hydrogen-bond acceptors (Lipinski definition) is 6. The number of carboxylic acid groups (broad SMARTS) is 1. The van der Waals surface area contributed by atoms with E-state index in [0.717, 1.165) is 0 Å². The van der Waals surface area contributed by atoms with Crippen LogP contribution >= 0.6 is 0 Å². The average molecular weight is 279 g/mol. The minimum absolute atomic E-state index is 0.271. The SMILES string of the molecule is COc1ccc(OC)c(-c2cc(C(=O)O)on2)c1OC. The van der Waals surface area contributed by atoms with Crippen molar-refractivity contribution in [3.05, 3.63) is 24.0 Å². The Balaban J connectivity index is 2.65. The minimum Gasteiger partial charge on any atom is -0.496 e. The lowest BCUT2D eigenvalue weighted by atomic mass is 10.1. The molecule has 0 fully saturated rings. The van der Waals surface area contributed by atoms with Gasteiger partial charge in [-0.1, -0.05) is 5.16 Å². The number of benzene rings is 1. The number of aromatic carboxylic acids is 1. The van der Waals surface area contributed by atoms with Crippen molar-refractivity contribution >= 4 is 5.97 Å². The van der Waals surface area contributed by atoms with Crippen molar-refractivity contribution in [1.29, 1.82) is 0 Å². The van der Waals surface area contributed by atoms with Gasteiger partial charge in [0.15, 0.2) is 11.5 Å². The van der Waals surface area contributed by atoms with Crippen LogP contribution in [0.4, 0.5) is 0 Å². The van der Waals surface area contributed by atoms with Crippen LogP contribution in [0.25, 0.3) is 11.3 Å². The van der Waals surface area contributed by atoms with Crippen LogP contribution < -0.4 is 14.2 Å². The number of rotatable bonds is 5. The summed E-state index contributed by atoms with van der Waals surface area (Å²) in [6.45, 7) is 0. The molecule has 1 N–H and O–H groups in total. The molecule has 1 heterocycles. The minimum atomic E-state index is -1.20. The van der Waals surface area contributed by atoms with Crippen LogP contribution in [0.1, 0.15) is 10.6 Å². The lowest BCUT2D eigenvalue weighted by Crippen LogP contribution is -1.97. The second-order valence-corrected chi connectivity index (χ2v) is 3.76. The Morgan fingerprint density at radius 1 is 1.15 bits per heavy atom. The van der Waals surface area contributed by atoms with Gasteiger partial charge in [-0.15, -0.1) is 0 Å². The zero-order valence-corrected chi connectivity index (χ0v) is 11.2. The molecule has 0 saturated heterocycles. The van der Waals surface area contributed by atoms with Crippen LogP contribution in [-0.2, 0) is 0 Å². The first-order valence-electron chi connectivity index (χ1n) is 5.61. The van der Waals surface area contributed by atoms with Crippen molar-refractivity contribution in [2.45, 2.75) is 0 Å². The Kier molecular flexibility index (Phi) is 3.79. The average Bonchev–Trinajstić information content (AvgIpc) is 2.95. The monoisotopic (exact) mass is 279 g/mol. The first-order valence-corrected chi connectivity index (χ1v) is 5.61. The summed E-state index contributed by atoms with van der Waals surface area (Å²) < 4.78 is 20.5. The van der Waals surface area contributed by atoms with Crippen molar-refractivity contribution in [2.75, 3.05) is 21.3 Å². The molecule has 0 bridgehead atoms. The van der Waals surface area contributed by atoms with Crippen LogP contribution in [0.5, 0.6) is 17.2 Å². The second kappa shape index (κ2) is 5.52. The number of nitrogens with zero attached hydrogens (tertiary/aromatic N) is 1. The summed E-state index contributed by atoms with van der Waals surface area (Å²) in [7, 11) is 4.46. The molecule has 7 nitrogen and oxygen atoms in total. The Labute approximate surface area is 114 Å². The summed E-state index contributed by atoms with van der Waals surface area (Å²) in [5, 5.41) is 12.6. The van der Waals surface area contributed by atoms with E-state index in [9.17, 15) is 4.79 Å². The predicted octanol–water partition coefficient (Wildman–Crippen LogP) is 2.07. The third-order valence-electron chi connectivity index (χ3n) is 2.70. The third-order valence-corrected chi connectivity index (χ3v) is 2.70. The number of ether oxygens (including phenoxy) is 3. The highest BCUT2D eigenvalue weighted by Crippen LogP contribution is 2.43.